The van der Waals surface area contributed by atoms with E-state index < -0.39 is 0 Å². The molecule has 0 bridgehead atoms. The summed E-state index contributed by atoms with van der Waals surface area (Å²) < 4.78 is 5.84. The Labute approximate surface area is 182 Å². The molecule has 2 heterocycles. The van der Waals surface area contributed by atoms with Crippen molar-refractivity contribution in [1.29, 1.82) is 0 Å². The van der Waals surface area contributed by atoms with Crippen molar-refractivity contribution >= 4 is 33.9 Å². The third kappa shape index (κ3) is 4.89. The second-order valence-electron chi connectivity index (χ2n) is 8.03. The van der Waals surface area contributed by atoms with Crippen molar-refractivity contribution in [3.63, 3.8) is 0 Å². The Bertz CT molecular complexity index is 1120. The Kier molecular flexibility index (Phi) is 6.16. The van der Waals surface area contributed by atoms with Crippen molar-refractivity contribution < 1.29 is 4.74 Å². The predicted molar refractivity (Wildman–Crippen MR) is 126 cm³/mol. The van der Waals surface area contributed by atoms with Crippen LogP contribution in [0.3, 0.4) is 0 Å². The summed E-state index contributed by atoms with van der Waals surface area (Å²) in [5.41, 5.74) is 4.73. The van der Waals surface area contributed by atoms with Crippen LogP contribution >= 0.6 is 12.2 Å². The molecule has 0 aliphatic carbocycles. The van der Waals surface area contributed by atoms with Crippen LogP contribution in [-0.2, 0) is 11.3 Å². The van der Waals surface area contributed by atoms with Crippen molar-refractivity contribution in [2.24, 2.45) is 0 Å². The van der Waals surface area contributed by atoms with Gasteiger partial charge in [0.15, 0.2) is 5.11 Å². The maximum absolute atomic E-state index is 12.7. The summed E-state index contributed by atoms with van der Waals surface area (Å²) in [4.78, 5) is 17.8. The summed E-state index contributed by atoms with van der Waals surface area (Å²) in [6, 6.07) is 16.1. The van der Waals surface area contributed by atoms with Crippen molar-refractivity contribution in [3.8, 4) is 0 Å². The topological polar surface area (TPSA) is 57.4 Å². The fourth-order valence-electron chi connectivity index (χ4n) is 3.87. The van der Waals surface area contributed by atoms with E-state index in [-0.39, 0.29) is 11.7 Å². The zero-order valence-electron chi connectivity index (χ0n) is 17.4. The molecule has 6 heteroatoms. The molecule has 1 atom stereocenters. The van der Waals surface area contributed by atoms with E-state index in [0.717, 1.165) is 47.2 Å². The first-order valence-corrected chi connectivity index (χ1v) is 10.8. The van der Waals surface area contributed by atoms with Crippen LogP contribution in [0.25, 0.3) is 10.9 Å². The fourth-order valence-corrected chi connectivity index (χ4v) is 4.13. The third-order valence-corrected chi connectivity index (χ3v) is 5.80. The summed E-state index contributed by atoms with van der Waals surface area (Å²) in [7, 11) is 0. The van der Waals surface area contributed by atoms with Crippen molar-refractivity contribution in [2.75, 3.05) is 18.5 Å². The Morgan fingerprint density at radius 1 is 1.20 bits per heavy atom. The summed E-state index contributed by atoms with van der Waals surface area (Å²) >= 11 is 5.74. The van der Waals surface area contributed by atoms with Crippen LogP contribution in [-0.4, -0.2) is 34.3 Å². The molecule has 2 aromatic carbocycles. The highest BCUT2D eigenvalue weighted by molar-refractivity contribution is 7.80. The molecule has 5 nitrogen and oxygen atoms in total. The number of hydrogen-bond donors (Lipinski definition) is 2. The van der Waals surface area contributed by atoms with Gasteiger partial charge < -0.3 is 19.9 Å². The number of H-pyrrole nitrogens is 1. The molecule has 4 rings (SSSR count). The molecule has 1 fully saturated rings. The third-order valence-electron chi connectivity index (χ3n) is 5.44. The van der Waals surface area contributed by atoms with Crippen molar-refractivity contribution in [1.82, 2.24) is 9.88 Å². The molecule has 0 radical (unpaired) electrons. The number of fused-ring (bicyclic) bond motifs is 1. The fraction of sp³-hybridized carbons (Fsp3) is 0.333. The van der Waals surface area contributed by atoms with Crippen LogP contribution in [0.4, 0.5) is 5.69 Å². The van der Waals surface area contributed by atoms with E-state index in [1.54, 1.807) is 0 Å². The van der Waals surface area contributed by atoms with Gasteiger partial charge in [0.25, 0.3) is 5.56 Å². The summed E-state index contributed by atoms with van der Waals surface area (Å²) in [5, 5.41) is 4.96. The number of hydrogen-bond acceptors (Lipinski definition) is 3. The highest BCUT2D eigenvalue weighted by Gasteiger charge is 2.22. The quantitative estimate of drug-likeness (QED) is 0.593. The van der Waals surface area contributed by atoms with Crippen LogP contribution in [0.5, 0.6) is 0 Å². The van der Waals surface area contributed by atoms with Crippen molar-refractivity contribution in [2.45, 2.75) is 39.3 Å². The number of nitrogens with zero attached hydrogens (tertiary/aromatic N) is 1. The van der Waals surface area contributed by atoms with E-state index in [0.29, 0.717) is 23.8 Å². The molecule has 0 saturated carbocycles. The number of aromatic nitrogens is 1. The Balaban J connectivity index is 1.60. The van der Waals surface area contributed by atoms with E-state index in [1.165, 1.54) is 0 Å². The SMILES string of the molecule is Cc1cccc(NC(=S)N(Cc2cc3cc(C)ccc3[nH]c2=O)CC2CCCO2)c1. The van der Waals surface area contributed by atoms with E-state index in [2.05, 4.69) is 42.3 Å². The number of rotatable bonds is 5. The van der Waals surface area contributed by atoms with Crippen LogP contribution in [0.1, 0.15) is 29.5 Å². The van der Waals surface area contributed by atoms with Crippen LogP contribution in [0.15, 0.2) is 53.3 Å². The second-order valence-corrected chi connectivity index (χ2v) is 8.42. The average molecular weight is 422 g/mol. The van der Waals surface area contributed by atoms with E-state index in [9.17, 15) is 4.79 Å². The number of aromatic amines is 1. The molecule has 1 aliphatic rings. The lowest BCUT2D eigenvalue weighted by Crippen LogP contribution is -2.40. The first kappa shape index (κ1) is 20.6. The highest BCUT2D eigenvalue weighted by atomic mass is 32.1. The van der Waals surface area contributed by atoms with Gasteiger partial charge in [-0.05, 0) is 80.2 Å². The monoisotopic (exact) mass is 421 g/mol. The highest BCUT2D eigenvalue weighted by Crippen LogP contribution is 2.18. The summed E-state index contributed by atoms with van der Waals surface area (Å²) in [6.45, 7) is 5.97. The number of thiocarbonyl (C=S) groups is 1. The first-order valence-electron chi connectivity index (χ1n) is 10.3. The summed E-state index contributed by atoms with van der Waals surface area (Å²) in [5.74, 6) is 0. The van der Waals surface area contributed by atoms with Gasteiger partial charge in [0, 0.05) is 29.9 Å². The number of anilines is 1. The number of ether oxygens (including phenoxy) is 1. The Hall–Kier alpha value is -2.70. The molecule has 1 aromatic heterocycles. The van der Waals surface area contributed by atoms with Gasteiger partial charge in [-0.15, -0.1) is 0 Å². The number of benzene rings is 2. The molecule has 2 N–H and O–H groups in total. The molecule has 0 amide bonds. The molecular formula is C24H27N3O2S. The van der Waals surface area contributed by atoms with Gasteiger partial charge in [-0.25, -0.2) is 0 Å². The molecule has 1 unspecified atom stereocenters. The molecule has 1 aliphatic heterocycles. The number of pyridine rings is 1. The first-order chi connectivity index (χ1) is 14.5. The van der Waals surface area contributed by atoms with Crippen LogP contribution in [0, 0.1) is 13.8 Å². The van der Waals surface area contributed by atoms with Crippen LogP contribution < -0.4 is 10.9 Å². The molecule has 0 spiro atoms. The maximum atomic E-state index is 12.7. The van der Waals surface area contributed by atoms with Gasteiger partial charge in [-0.3, -0.25) is 4.79 Å². The normalized spacial score (nSPS) is 16.0. The molecule has 156 valence electrons. The minimum Gasteiger partial charge on any atom is -0.376 e. The van der Waals surface area contributed by atoms with Gasteiger partial charge >= 0.3 is 0 Å². The largest absolute Gasteiger partial charge is 0.376 e. The van der Waals surface area contributed by atoms with Crippen LogP contribution in [0.2, 0.25) is 0 Å². The Morgan fingerprint density at radius 2 is 2.03 bits per heavy atom. The zero-order valence-corrected chi connectivity index (χ0v) is 18.2. The number of nitrogens with one attached hydrogen (secondary N) is 2. The second kappa shape index (κ2) is 8.98. The minimum absolute atomic E-state index is 0.0814. The molecule has 30 heavy (non-hydrogen) atoms. The maximum Gasteiger partial charge on any atom is 0.253 e. The van der Waals surface area contributed by atoms with Gasteiger partial charge in [0.2, 0.25) is 0 Å². The molecular weight excluding hydrogens is 394 g/mol. The minimum atomic E-state index is -0.0814. The lowest BCUT2D eigenvalue weighted by molar-refractivity contribution is 0.0904. The van der Waals surface area contributed by atoms with E-state index >= 15 is 0 Å². The predicted octanol–water partition coefficient (Wildman–Crippen LogP) is 4.52. The summed E-state index contributed by atoms with van der Waals surface area (Å²) in [6.07, 6.45) is 2.20. The Morgan fingerprint density at radius 3 is 2.80 bits per heavy atom. The number of aryl methyl sites for hydroxylation is 2. The standard InChI is InChI=1S/C24H27N3O2S/c1-16-5-3-6-20(12-16)25-24(30)27(15-21-7-4-10-29-21)14-19-13-18-11-17(2)8-9-22(18)26-23(19)28/h3,5-6,8-9,11-13,21H,4,7,10,14-15H2,1-2H3,(H,25,30)(H,26,28). The lowest BCUT2D eigenvalue weighted by atomic mass is 10.1. The lowest BCUT2D eigenvalue weighted by Gasteiger charge is -2.28. The average Bonchev–Trinajstić information content (AvgIpc) is 3.21. The van der Waals surface area contributed by atoms with E-state index in [4.69, 9.17) is 17.0 Å². The van der Waals surface area contributed by atoms with Gasteiger partial charge in [-0.2, -0.15) is 0 Å². The van der Waals surface area contributed by atoms with Gasteiger partial charge in [0.1, 0.15) is 0 Å². The zero-order chi connectivity index (χ0) is 21.1. The van der Waals surface area contributed by atoms with Gasteiger partial charge in [-0.1, -0.05) is 23.8 Å². The molecule has 1 saturated heterocycles. The van der Waals surface area contributed by atoms with Gasteiger partial charge in [0.05, 0.1) is 12.6 Å². The van der Waals surface area contributed by atoms with Crippen molar-refractivity contribution in [3.05, 3.63) is 75.6 Å². The molecule has 3 aromatic rings. The smallest absolute Gasteiger partial charge is 0.253 e. The van der Waals surface area contributed by atoms with E-state index in [1.807, 2.05) is 35.2 Å².